The number of thioether (sulfide) groups is 1. The van der Waals surface area contributed by atoms with E-state index in [-0.39, 0.29) is 11.8 Å². The van der Waals surface area contributed by atoms with Crippen molar-refractivity contribution in [2.24, 2.45) is 0 Å². The van der Waals surface area contributed by atoms with Gasteiger partial charge in [0.05, 0.1) is 17.9 Å². The number of amides is 2. The SMILES string of the molecule is COC(=O)c1c(NC(=O)C(C)Sc2cccc(NC(=O)c3cccc(Cl)c3)c2)sc2c1CCCCCC2. The molecular weight excluding hydrogens is 528 g/mol. The van der Waals surface area contributed by atoms with Gasteiger partial charge in [0.1, 0.15) is 5.00 Å². The van der Waals surface area contributed by atoms with Crippen molar-refractivity contribution in [1.82, 2.24) is 0 Å². The number of nitrogens with one attached hydrogen (secondary N) is 2. The van der Waals surface area contributed by atoms with Crippen molar-refractivity contribution >= 4 is 63.2 Å². The van der Waals surface area contributed by atoms with Crippen LogP contribution in [-0.4, -0.2) is 30.1 Å². The summed E-state index contributed by atoms with van der Waals surface area (Å²) >= 11 is 8.86. The molecule has 194 valence electrons. The first-order chi connectivity index (χ1) is 17.9. The molecule has 0 saturated carbocycles. The third-order valence-corrected chi connectivity index (χ3v) is 8.69. The van der Waals surface area contributed by atoms with Crippen molar-refractivity contribution in [3.63, 3.8) is 0 Å². The van der Waals surface area contributed by atoms with Crippen molar-refractivity contribution in [2.45, 2.75) is 55.6 Å². The molecule has 2 amide bonds. The lowest BCUT2D eigenvalue weighted by Gasteiger charge is -2.14. The topological polar surface area (TPSA) is 84.5 Å². The molecule has 1 atom stereocenters. The van der Waals surface area contributed by atoms with Crippen LogP contribution in [0.4, 0.5) is 10.7 Å². The molecule has 1 aliphatic carbocycles. The summed E-state index contributed by atoms with van der Waals surface area (Å²) in [7, 11) is 1.37. The van der Waals surface area contributed by atoms with Crippen molar-refractivity contribution in [3.8, 4) is 0 Å². The second kappa shape index (κ2) is 12.6. The molecule has 1 unspecified atom stereocenters. The molecular formula is C28H29ClN2O4S2. The lowest BCUT2D eigenvalue weighted by Crippen LogP contribution is -2.23. The number of carbonyl (C=O) groups excluding carboxylic acids is 3. The molecule has 2 aromatic carbocycles. The Kier molecular flexibility index (Phi) is 9.29. The highest BCUT2D eigenvalue weighted by atomic mass is 35.5. The Morgan fingerprint density at radius 3 is 2.51 bits per heavy atom. The third-order valence-electron chi connectivity index (χ3n) is 6.16. The summed E-state index contributed by atoms with van der Waals surface area (Å²) in [6.45, 7) is 1.82. The van der Waals surface area contributed by atoms with Crippen LogP contribution in [0.1, 0.15) is 63.8 Å². The number of anilines is 2. The lowest BCUT2D eigenvalue weighted by atomic mass is 9.96. The number of aryl methyl sites for hydroxylation is 1. The fourth-order valence-corrected chi connectivity index (χ4v) is 6.67. The van der Waals surface area contributed by atoms with E-state index in [1.54, 1.807) is 30.3 Å². The fraction of sp³-hybridized carbons (Fsp3) is 0.321. The van der Waals surface area contributed by atoms with Crippen LogP contribution in [0.2, 0.25) is 5.02 Å². The smallest absolute Gasteiger partial charge is 0.341 e. The molecule has 0 spiro atoms. The van der Waals surface area contributed by atoms with Crippen LogP contribution in [0, 0.1) is 0 Å². The highest BCUT2D eigenvalue weighted by molar-refractivity contribution is 8.00. The van der Waals surface area contributed by atoms with Crippen LogP contribution in [-0.2, 0) is 22.4 Å². The van der Waals surface area contributed by atoms with E-state index in [1.807, 2.05) is 25.1 Å². The number of esters is 1. The van der Waals surface area contributed by atoms with E-state index in [0.29, 0.717) is 26.8 Å². The predicted octanol–water partition coefficient (Wildman–Crippen LogP) is 7.22. The number of ether oxygens (including phenoxy) is 1. The summed E-state index contributed by atoms with van der Waals surface area (Å²) < 4.78 is 5.06. The molecule has 0 aliphatic heterocycles. The number of methoxy groups -OCH3 is 1. The van der Waals surface area contributed by atoms with Crippen molar-refractivity contribution in [2.75, 3.05) is 17.7 Å². The molecule has 3 aromatic rings. The zero-order chi connectivity index (χ0) is 26.4. The van der Waals surface area contributed by atoms with Crippen molar-refractivity contribution in [1.29, 1.82) is 0 Å². The number of thiophene rings is 1. The second-order valence-corrected chi connectivity index (χ2v) is 11.8. The van der Waals surface area contributed by atoms with Gasteiger partial charge in [-0.3, -0.25) is 9.59 Å². The summed E-state index contributed by atoms with van der Waals surface area (Å²) in [6.07, 6.45) is 6.17. The summed E-state index contributed by atoms with van der Waals surface area (Å²) in [5.41, 5.74) is 2.61. The summed E-state index contributed by atoms with van der Waals surface area (Å²) in [5, 5.41) is 6.49. The normalized spacial score (nSPS) is 14.0. The van der Waals surface area contributed by atoms with E-state index in [9.17, 15) is 14.4 Å². The Hall–Kier alpha value is -2.81. The van der Waals surface area contributed by atoms with E-state index in [1.165, 1.54) is 41.5 Å². The number of hydrogen-bond donors (Lipinski definition) is 2. The van der Waals surface area contributed by atoms with Gasteiger partial charge in [0, 0.05) is 26.0 Å². The van der Waals surface area contributed by atoms with Crippen LogP contribution in [0.25, 0.3) is 0 Å². The number of hydrogen-bond acceptors (Lipinski definition) is 6. The molecule has 37 heavy (non-hydrogen) atoms. The number of carbonyl (C=O) groups is 3. The van der Waals surface area contributed by atoms with Crippen molar-refractivity contribution in [3.05, 3.63) is 75.1 Å². The first-order valence-corrected chi connectivity index (χ1v) is 14.3. The van der Waals surface area contributed by atoms with E-state index < -0.39 is 11.2 Å². The Labute approximate surface area is 230 Å². The maximum atomic E-state index is 13.1. The Balaban J connectivity index is 1.45. The zero-order valence-corrected chi connectivity index (χ0v) is 23.2. The number of halogens is 1. The largest absolute Gasteiger partial charge is 0.465 e. The molecule has 0 fully saturated rings. The Bertz CT molecular complexity index is 1310. The molecule has 1 aliphatic rings. The monoisotopic (exact) mass is 556 g/mol. The maximum absolute atomic E-state index is 13.1. The summed E-state index contributed by atoms with van der Waals surface area (Å²) in [5.74, 6) is -0.867. The van der Waals surface area contributed by atoms with Gasteiger partial charge in [0.15, 0.2) is 0 Å². The van der Waals surface area contributed by atoms with Crippen LogP contribution in [0.5, 0.6) is 0 Å². The van der Waals surface area contributed by atoms with Gasteiger partial charge in [-0.1, -0.05) is 36.6 Å². The summed E-state index contributed by atoms with van der Waals surface area (Å²) in [4.78, 5) is 40.4. The van der Waals surface area contributed by atoms with E-state index in [4.69, 9.17) is 16.3 Å². The third kappa shape index (κ3) is 6.94. The van der Waals surface area contributed by atoms with E-state index in [2.05, 4.69) is 10.6 Å². The van der Waals surface area contributed by atoms with Crippen LogP contribution in [0.3, 0.4) is 0 Å². The van der Waals surface area contributed by atoms with Crippen LogP contribution in [0.15, 0.2) is 53.4 Å². The molecule has 4 rings (SSSR count). The number of fused-ring (bicyclic) bond motifs is 1. The van der Waals surface area contributed by atoms with E-state index in [0.717, 1.165) is 42.6 Å². The number of rotatable bonds is 7. The minimum atomic E-state index is -0.436. The Morgan fingerprint density at radius 2 is 1.76 bits per heavy atom. The predicted molar refractivity (Wildman–Crippen MR) is 151 cm³/mol. The van der Waals surface area contributed by atoms with Gasteiger partial charge in [-0.15, -0.1) is 23.1 Å². The maximum Gasteiger partial charge on any atom is 0.341 e. The van der Waals surface area contributed by atoms with Crippen molar-refractivity contribution < 1.29 is 19.1 Å². The average molecular weight is 557 g/mol. The molecule has 6 nitrogen and oxygen atoms in total. The molecule has 0 bridgehead atoms. The van der Waals surface area contributed by atoms with Gasteiger partial charge < -0.3 is 15.4 Å². The minimum Gasteiger partial charge on any atom is -0.465 e. The zero-order valence-electron chi connectivity index (χ0n) is 20.8. The van der Waals surface area contributed by atoms with Gasteiger partial charge in [0.25, 0.3) is 5.91 Å². The minimum absolute atomic E-state index is 0.197. The number of benzene rings is 2. The molecule has 1 aromatic heterocycles. The quantitative estimate of drug-likeness (QED) is 0.237. The molecule has 1 heterocycles. The van der Waals surface area contributed by atoms with E-state index >= 15 is 0 Å². The first kappa shape index (κ1) is 27.2. The highest BCUT2D eigenvalue weighted by Gasteiger charge is 2.27. The highest BCUT2D eigenvalue weighted by Crippen LogP contribution is 2.38. The lowest BCUT2D eigenvalue weighted by molar-refractivity contribution is -0.115. The van der Waals surface area contributed by atoms with Gasteiger partial charge in [-0.25, -0.2) is 4.79 Å². The van der Waals surface area contributed by atoms with Gasteiger partial charge >= 0.3 is 5.97 Å². The molecule has 0 saturated heterocycles. The Morgan fingerprint density at radius 1 is 1.00 bits per heavy atom. The summed E-state index contributed by atoms with van der Waals surface area (Å²) in [6, 6.07) is 14.1. The van der Waals surface area contributed by atoms with Gasteiger partial charge in [-0.05, 0) is 74.6 Å². The molecule has 0 radical (unpaired) electrons. The van der Waals surface area contributed by atoms with Crippen LogP contribution < -0.4 is 10.6 Å². The first-order valence-electron chi connectivity index (χ1n) is 12.2. The average Bonchev–Trinajstić information content (AvgIpc) is 3.19. The second-order valence-electron chi connectivity index (χ2n) is 8.86. The fourth-order valence-electron chi connectivity index (χ4n) is 4.28. The van der Waals surface area contributed by atoms with Gasteiger partial charge in [-0.2, -0.15) is 0 Å². The molecule has 2 N–H and O–H groups in total. The standard InChI is InChI=1S/C28H29ClN2O4S2/c1-17(36-21-12-8-11-20(16-21)30-26(33)18-9-7-10-19(29)15-18)25(32)31-27-24(28(34)35-2)22-13-5-3-4-6-14-23(22)37-27/h7-12,15-17H,3-6,13-14H2,1-2H3,(H,30,33)(H,31,32). The van der Waals surface area contributed by atoms with Crippen LogP contribution >= 0.6 is 34.7 Å². The molecule has 9 heteroatoms. The van der Waals surface area contributed by atoms with Gasteiger partial charge in [0.2, 0.25) is 5.91 Å².